The van der Waals surface area contributed by atoms with Crippen LogP contribution in [0.3, 0.4) is 0 Å². The van der Waals surface area contributed by atoms with Crippen LogP contribution in [-0.2, 0) is 5.88 Å². The van der Waals surface area contributed by atoms with Crippen molar-refractivity contribution in [3.63, 3.8) is 0 Å². The summed E-state index contributed by atoms with van der Waals surface area (Å²) < 4.78 is 25.3. The minimum atomic E-state index is -2.56. The molecule has 0 aromatic carbocycles. The van der Waals surface area contributed by atoms with E-state index in [2.05, 4.69) is 4.98 Å². The molecule has 0 saturated carbocycles. The van der Waals surface area contributed by atoms with Crippen LogP contribution in [-0.4, -0.2) is 4.98 Å². The Kier molecular flexibility index (Phi) is 3.66. The fraction of sp³-hybridized carbons (Fsp3) is 0.286. The Morgan fingerprint density at radius 2 is 2.23 bits per heavy atom. The second-order valence-corrected chi connectivity index (χ2v) is 3.63. The second kappa shape index (κ2) is 4.36. The number of rotatable bonds is 2. The van der Waals surface area contributed by atoms with Gasteiger partial charge in [0.2, 0.25) is 0 Å². The minimum Gasteiger partial charge on any atom is -0.384 e. The Morgan fingerprint density at radius 1 is 1.62 bits per heavy atom. The fourth-order valence-corrected chi connectivity index (χ4v) is 2.19. The van der Waals surface area contributed by atoms with Gasteiger partial charge in [0.05, 0.1) is 5.88 Å². The van der Waals surface area contributed by atoms with Crippen molar-refractivity contribution < 1.29 is 8.78 Å². The lowest BCUT2D eigenvalue weighted by molar-refractivity contribution is 0.150. The molecule has 0 radical (unpaired) electrons. The summed E-state index contributed by atoms with van der Waals surface area (Å²) in [7, 11) is 0. The highest BCUT2D eigenvalue weighted by Crippen LogP contribution is 2.28. The molecule has 72 valence electrons. The van der Waals surface area contributed by atoms with Crippen molar-refractivity contribution >= 4 is 40.0 Å². The van der Waals surface area contributed by atoms with Gasteiger partial charge in [0, 0.05) is 11.1 Å². The molecule has 6 heteroatoms. The molecule has 2 N–H and O–H groups in total. The molecule has 0 unspecified atom stereocenters. The van der Waals surface area contributed by atoms with Crippen LogP contribution < -0.4 is 5.73 Å². The van der Waals surface area contributed by atoms with Crippen LogP contribution >= 0.6 is 34.2 Å². The number of halogens is 4. The number of hydrogen-bond acceptors (Lipinski definition) is 2. The van der Waals surface area contributed by atoms with Gasteiger partial charge >= 0.3 is 0 Å². The largest absolute Gasteiger partial charge is 0.384 e. The van der Waals surface area contributed by atoms with Crippen LogP contribution in [0.1, 0.15) is 17.6 Å². The maximum atomic E-state index is 12.4. The highest BCUT2D eigenvalue weighted by molar-refractivity contribution is 14.1. The molecule has 0 atom stereocenters. The van der Waals surface area contributed by atoms with Crippen molar-refractivity contribution in [3.05, 3.63) is 20.9 Å². The van der Waals surface area contributed by atoms with E-state index in [0.717, 1.165) is 6.07 Å². The molecule has 1 heterocycles. The molecule has 0 amide bonds. The molecular formula is C7H6ClF2IN2. The molecule has 13 heavy (non-hydrogen) atoms. The average Bonchev–Trinajstić information content (AvgIpc) is 2.02. The summed E-state index contributed by atoms with van der Waals surface area (Å²) in [4.78, 5) is 3.83. The summed E-state index contributed by atoms with van der Waals surface area (Å²) in [5.41, 5.74) is 5.55. The maximum Gasteiger partial charge on any atom is 0.264 e. The lowest BCUT2D eigenvalue weighted by atomic mass is 10.1. The molecule has 0 bridgehead atoms. The van der Waals surface area contributed by atoms with Crippen molar-refractivity contribution in [2.24, 2.45) is 0 Å². The number of hydrogen-bond donors (Lipinski definition) is 1. The zero-order chi connectivity index (χ0) is 10.0. The fourth-order valence-electron chi connectivity index (χ4n) is 0.906. The Hall–Kier alpha value is -0.170. The Balaban J connectivity index is 3.29. The number of nitrogens with two attached hydrogens (primary N) is 1. The Bertz CT molecular complexity index is 320. The molecular weight excluding hydrogens is 312 g/mol. The van der Waals surface area contributed by atoms with Crippen LogP contribution in [0, 0.1) is 3.70 Å². The first-order chi connectivity index (χ1) is 6.06. The molecule has 2 nitrogen and oxygen atoms in total. The van der Waals surface area contributed by atoms with Crippen LogP contribution in [0.4, 0.5) is 14.6 Å². The van der Waals surface area contributed by atoms with E-state index in [1.54, 1.807) is 0 Å². The summed E-state index contributed by atoms with van der Waals surface area (Å²) in [5, 5.41) is 0. The number of nitrogens with zero attached hydrogens (tertiary/aromatic N) is 1. The predicted molar refractivity (Wildman–Crippen MR) is 55.9 cm³/mol. The van der Waals surface area contributed by atoms with Crippen LogP contribution in [0.25, 0.3) is 0 Å². The number of nitrogen functional groups attached to an aromatic ring is 1. The summed E-state index contributed by atoms with van der Waals surface area (Å²) in [6.45, 7) is 0. The molecule has 0 spiro atoms. The van der Waals surface area contributed by atoms with Gasteiger partial charge < -0.3 is 5.73 Å². The smallest absolute Gasteiger partial charge is 0.264 e. The van der Waals surface area contributed by atoms with E-state index in [1.165, 1.54) is 0 Å². The zero-order valence-corrected chi connectivity index (χ0v) is 9.31. The molecule has 0 aliphatic heterocycles. The number of anilines is 1. The normalized spacial score (nSPS) is 10.8. The summed E-state index contributed by atoms with van der Waals surface area (Å²) >= 11 is 7.35. The summed E-state index contributed by atoms with van der Waals surface area (Å²) in [5.74, 6) is 0.110. The van der Waals surface area contributed by atoms with E-state index >= 15 is 0 Å². The Labute approximate surface area is 92.6 Å². The number of pyridine rings is 1. The van der Waals surface area contributed by atoms with Crippen molar-refractivity contribution in [1.82, 2.24) is 4.98 Å². The summed E-state index contributed by atoms with van der Waals surface area (Å²) in [6.07, 6.45) is -2.56. The van der Waals surface area contributed by atoms with Gasteiger partial charge in [-0.1, -0.05) is 0 Å². The van der Waals surface area contributed by atoms with Crippen molar-refractivity contribution in [3.8, 4) is 0 Å². The lowest BCUT2D eigenvalue weighted by Crippen LogP contribution is -2.02. The summed E-state index contributed by atoms with van der Waals surface area (Å²) in [6, 6.07) is 1.16. The van der Waals surface area contributed by atoms with E-state index in [-0.39, 0.29) is 17.3 Å². The molecule has 1 aromatic rings. The van der Waals surface area contributed by atoms with Crippen molar-refractivity contribution in [1.29, 1.82) is 0 Å². The van der Waals surface area contributed by atoms with E-state index in [4.69, 9.17) is 17.3 Å². The minimum absolute atomic E-state index is 0.0191. The molecule has 1 aromatic heterocycles. The molecule has 0 aliphatic rings. The first-order valence-corrected chi connectivity index (χ1v) is 4.96. The third kappa shape index (κ3) is 2.40. The van der Waals surface area contributed by atoms with Gasteiger partial charge in [0.15, 0.2) is 0 Å². The molecule has 0 fully saturated rings. The van der Waals surface area contributed by atoms with Gasteiger partial charge in [-0.15, -0.1) is 11.6 Å². The predicted octanol–water partition coefficient (Wildman–Crippen LogP) is 2.94. The highest BCUT2D eigenvalue weighted by Gasteiger charge is 2.16. The molecule has 0 saturated heterocycles. The van der Waals surface area contributed by atoms with Crippen molar-refractivity contribution in [2.75, 3.05) is 5.73 Å². The first kappa shape index (κ1) is 10.9. The van der Waals surface area contributed by atoms with E-state index in [9.17, 15) is 8.78 Å². The second-order valence-electron chi connectivity index (χ2n) is 2.34. The van der Waals surface area contributed by atoms with E-state index < -0.39 is 6.43 Å². The van der Waals surface area contributed by atoms with Gasteiger partial charge in [-0.3, -0.25) is 0 Å². The third-order valence-corrected chi connectivity index (χ3v) is 2.66. The van der Waals surface area contributed by atoms with Crippen LogP contribution in [0.5, 0.6) is 0 Å². The van der Waals surface area contributed by atoms with Crippen molar-refractivity contribution in [2.45, 2.75) is 12.3 Å². The van der Waals surface area contributed by atoms with E-state index in [0.29, 0.717) is 9.26 Å². The average molecular weight is 318 g/mol. The molecule has 1 rings (SSSR count). The van der Waals surface area contributed by atoms with Gasteiger partial charge in [0.1, 0.15) is 9.52 Å². The third-order valence-electron chi connectivity index (χ3n) is 1.50. The topological polar surface area (TPSA) is 38.9 Å². The lowest BCUT2D eigenvalue weighted by Gasteiger charge is -2.08. The maximum absolute atomic E-state index is 12.4. The first-order valence-electron chi connectivity index (χ1n) is 3.35. The number of aromatic nitrogens is 1. The quantitative estimate of drug-likeness (QED) is 0.517. The van der Waals surface area contributed by atoms with Gasteiger partial charge in [-0.2, -0.15) is 0 Å². The van der Waals surface area contributed by atoms with Crippen LogP contribution in [0.2, 0.25) is 0 Å². The molecule has 0 aliphatic carbocycles. The number of alkyl halides is 3. The highest BCUT2D eigenvalue weighted by atomic mass is 127. The zero-order valence-electron chi connectivity index (χ0n) is 6.40. The SMILES string of the molecule is Nc1cc(C(F)F)c(CCl)c(I)n1. The monoisotopic (exact) mass is 318 g/mol. The standard InChI is InChI=1S/C7H6ClF2IN2/c8-2-4-3(6(9)10)1-5(12)13-7(4)11/h1,6H,2H2,(H2,12,13). The van der Waals surface area contributed by atoms with Gasteiger partial charge in [0.25, 0.3) is 6.43 Å². The van der Waals surface area contributed by atoms with Gasteiger partial charge in [-0.05, 0) is 28.7 Å². The van der Waals surface area contributed by atoms with Gasteiger partial charge in [-0.25, -0.2) is 13.8 Å². The Morgan fingerprint density at radius 3 is 2.69 bits per heavy atom. The van der Waals surface area contributed by atoms with E-state index in [1.807, 2.05) is 22.6 Å². The van der Waals surface area contributed by atoms with Crippen LogP contribution in [0.15, 0.2) is 6.07 Å².